The SMILES string of the molecule is CO[C@@H]1/C=C/C=C(\C)Cc2cc(C)c(Cl)c(c2)N(C)C(=O)C[C@H](OC(=O)[C@H](C)N(C)C(=O)c2cc(F)c(CC(=O)[C@H](CCCNC(N)=O)NC(=O)[C@@H](CC(=S)CCCCCN3C(=O)C=CC3=O)C(C)C)cc2F)[C@]2(C)O[C@H]2[C@H](C)[C@@H]2C[C@@]1(O)CC(=O)O2. The predicted octanol–water partition coefficient (Wildman–Crippen LogP) is 7.22. The van der Waals surface area contributed by atoms with Gasteiger partial charge in [-0.3, -0.25) is 38.5 Å². The number of ether oxygens (including phenoxy) is 4. The number of likely N-dealkylation sites (N-methyl/N-ethyl adjacent to an activating group) is 1. The number of thiocarbonyl (C=S) groups is 1. The number of epoxide rings is 1. The first-order valence-electron chi connectivity index (χ1n) is 29.3. The zero-order chi connectivity index (χ0) is 64.4. The van der Waals surface area contributed by atoms with Gasteiger partial charge in [-0.1, -0.05) is 80.9 Å². The molecule has 87 heavy (non-hydrogen) atoms. The highest BCUT2D eigenvalue weighted by molar-refractivity contribution is 7.80. The average Bonchev–Trinajstić information content (AvgIpc) is 1.61. The van der Waals surface area contributed by atoms with E-state index in [0.29, 0.717) is 65.4 Å². The number of hydrogen-bond acceptors (Lipinski definition) is 15. The number of allylic oxidation sites excluding steroid dienone is 3. The van der Waals surface area contributed by atoms with Gasteiger partial charge in [0.05, 0.1) is 41.3 Å². The summed E-state index contributed by atoms with van der Waals surface area (Å²) in [4.78, 5) is 123. The lowest BCUT2D eigenvalue weighted by atomic mass is 9.78. The Morgan fingerprint density at radius 3 is 2.34 bits per heavy atom. The predicted molar refractivity (Wildman–Crippen MR) is 323 cm³/mol. The number of methoxy groups -OCH3 is 1. The molecule has 0 aliphatic carbocycles. The van der Waals surface area contributed by atoms with Crippen LogP contribution in [0, 0.1) is 36.3 Å². The van der Waals surface area contributed by atoms with E-state index in [1.165, 1.54) is 45.2 Å². The molecule has 2 saturated heterocycles. The fourth-order valence-electron chi connectivity index (χ4n) is 11.4. The van der Waals surface area contributed by atoms with Crippen molar-refractivity contribution in [1.29, 1.82) is 0 Å². The Morgan fingerprint density at radius 2 is 1.69 bits per heavy atom. The lowest BCUT2D eigenvalue weighted by molar-refractivity contribution is -0.187. The fourth-order valence-corrected chi connectivity index (χ4v) is 11.9. The zero-order valence-corrected chi connectivity index (χ0v) is 52.6. The Hall–Kier alpha value is -6.79. The van der Waals surface area contributed by atoms with Crippen molar-refractivity contribution in [1.82, 2.24) is 20.4 Å². The third-order valence-electron chi connectivity index (χ3n) is 16.9. The van der Waals surface area contributed by atoms with Crippen LogP contribution in [0.2, 0.25) is 5.02 Å². The number of Topliss-reactive ketones (excluding diaryl/α,β-unsaturated/α-hetero) is 1. The molecule has 2 aromatic carbocycles. The number of urea groups is 1. The molecule has 2 aromatic rings. The van der Waals surface area contributed by atoms with Crippen molar-refractivity contribution in [3.05, 3.63) is 99.1 Å². The van der Waals surface area contributed by atoms with Gasteiger partial charge in [-0.15, -0.1) is 0 Å². The smallest absolute Gasteiger partial charge is 0.328 e. The second-order valence-electron chi connectivity index (χ2n) is 23.9. The number of aryl methyl sites for hydroxylation is 1. The maximum Gasteiger partial charge on any atom is 0.328 e. The number of rotatable bonds is 23. The van der Waals surface area contributed by atoms with Crippen LogP contribution in [0.1, 0.15) is 133 Å². The summed E-state index contributed by atoms with van der Waals surface area (Å²) in [6, 6.07) is 1.41. The number of nitrogens with two attached hydrogens (primary N) is 1. The van der Waals surface area contributed by atoms with Crippen molar-refractivity contribution in [3.8, 4) is 0 Å². The van der Waals surface area contributed by atoms with Crippen molar-refractivity contribution in [2.45, 2.75) is 173 Å². The molecule has 4 bridgehead atoms. The number of carbonyl (C=O) groups is 9. The molecule has 2 fully saturated rings. The second-order valence-corrected chi connectivity index (χ2v) is 24.8. The van der Waals surface area contributed by atoms with E-state index < -0.39 is 137 Å². The van der Waals surface area contributed by atoms with E-state index in [1.807, 2.05) is 32.9 Å². The monoisotopic (exact) mass is 1250 g/mol. The minimum Gasteiger partial charge on any atom is -0.462 e. The number of ketones is 1. The van der Waals surface area contributed by atoms with Crippen LogP contribution in [0.25, 0.3) is 0 Å². The molecule has 4 heterocycles. The molecule has 10 atom stereocenters. The maximum absolute atomic E-state index is 16.2. The van der Waals surface area contributed by atoms with Crippen LogP contribution < -0.4 is 21.3 Å². The van der Waals surface area contributed by atoms with E-state index in [4.69, 9.17) is 48.5 Å². The highest BCUT2D eigenvalue weighted by atomic mass is 35.5. The number of anilines is 1. The van der Waals surface area contributed by atoms with Gasteiger partial charge >= 0.3 is 18.0 Å². The third-order valence-corrected chi connectivity index (χ3v) is 17.8. The van der Waals surface area contributed by atoms with Gasteiger partial charge < -0.3 is 50.2 Å². The number of unbranched alkanes of at least 4 members (excludes halogenated alkanes) is 2. The minimum atomic E-state index is -1.69. The Labute approximate surface area is 516 Å². The van der Waals surface area contributed by atoms with E-state index in [2.05, 4.69) is 10.6 Å². The van der Waals surface area contributed by atoms with E-state index in [0.717, 1.165) is 20.9 Å². The number of benzene rings is 2. The highest BCUT2D eigenvalue weighted by Gasteiger charge is 2.64. The van der Waals surface area contributed by atoms with Crippen LogP contribution in [0.4, 0.5) is 19.3 Å². The number of fused-ring (bicyclic) bond motifs is 5. The molecule has 4 aliphatic rings. The molecule has 20 nitrogen and oxygen atoms in total. The van der Waals surface area contributed by atoms with Crippen molar-refractivity contribution < 1.29 is 76.0 Å². The number of nitrogens with one attached hydrogen (secondary N) is 2. The minimum absolute atomic E-state index is 0.0268. The number of hydrogen-bond donors (Lipinski definition) is 4. The quantitative estimate of drug-likeness (QED) is 0.0281. The molecule has 5 N–H and O–H groups in total. The molecule has 6 rings (SSSR count). The number of halogens is 3. The first-order valence-corrected chi connectivity index (χ1v) is 30.1. The zero-order valence-electron chi connectivity index (χ0n) is 51.0. The Balaban J connectivity index is 1.17. The van der Waals surface area contributed by atoms with Gasteiger partial charge in [-0.25, -0.2) is 18.4 Å². The van der Waals surface area contributed by atoms with E-state index in [1.54, 1.807) is 39.0 Å². The lowest BCUT2D eigenvalue weighted by Gasteiger charge is -2.41. The lowest BCUT2D eigenvalue weighted by Crippen LogP contribution is -2.53. The molecule has 24 heteroatoms. The van der Waals surface area contributed by atoms with Crippen molar-refractivity contribution in [2.24, 2.45) is 23.5 Å². The Bertz CT molecular complexity index is 3080. The summed E-state index contributed by atoms with van der Waals surface area (Å²) in [7, 11) is 4.12. The normalized spacial score (nSPS) is 25.1. The van der Waals surface area contributed by atoms with E-state index in [9.17, 15) is 48.3 Å². The molecule has 0 radical (unpaired) electrons. The number of nitrogens with zero attached hydrogens (tertiary/aromatic N) is 3. The number of aliphatic hydroxyl groups is 1. The first-order chi connectivity index (χ1) is 40.9. The molecule has 4 aliphatic heterocycles. The van der Waals surface area contributed by atoms with Crippen LogP contribution in [0.3, 0.4) is 0 Å². The third kappa shape index (κ3) is 17.5. The van der Waals surface area contributed by atoms with Crippen LogP contribution in [-0.2, 0) is 65.4 Å². The molecule has 0 aromatic heterocycles. The summed E-state index contributed by atoms with van der Waals surface area (Å²) in [5.41, 5.74) is 3.69. The highest BCUT2D eigenvalue weighted by Crippen LogP contribution is 2.50. The summed E-state index contributed by atoms with van der Waals surface area (Å²) in [6.45, 7) is 12.3. The number of amides is 7. The van der Waals surface area contributed by atoms with Gasteiger partial charge in [0.15, 0.2) is 5.78 Å². The van der Waals surface area contributed by atoms with E-state index >= 15 is 8.78 Å². The van der Waals surface area contributed by atoms with Gasteiger partial charge in [0.2, 0.25) is 11.8 Å². The molecular formula is C63H81ClF2N6O14S. The van der Waals surface area contributed by atoms with Gasteiger partial charge in [-0.05, 0) is 118 Å². The molecule has 474 valence electrons. The van der Waals surface area contributed by atoms with Gasteiger partial charge in [0.1, 0.15) is 47.2 Å². The average molecular weight is 1250 g/mol. The number of imide groups is 1. The van der Waals surface area contributed by atoms with Gasteiger partial charge in [0, 0.05) is 71.1 Å². The van der Waals surface area contributed by atoms with Crippen LogP contribution in [-0.4, -0.2) is 155 Å². The summed E-state index contributed by atoms with van der Waals surface area (Å²) in [5, 5.41) is 17.5. The summed E-state index contributed by atoms with van der Waals surface area (Å²) in [5.74, 6) is -9.30. The molecule has 0 unspecified atom stereocenters. The largest absolute Gasteiger partial charge is 0.462 e. The molecule has 0 spiro atoms. The maximum atomic E-state index is 16.2. The molecular weight excluding hydrogens is 1170 g/mol. The topological polar surface area (TPSA) is 274 Å². The van der Waals surface area contributed by atoms with E-state index in [-0.39, 0.29) is 62.9 Å². The van der Waals surface area contributed by atoms with Gasteiger partial charge in [0.25, 0.3) is 17.7 Å². The van der Waals surface area contributed by atoms with Crippen LogP contribution in [0.5, 0.6) is 0 Å². The number of carbonyl (C=O) groups excluding carboxylic acids is 9. The Kier molecular flexibility index (Phi) is 23.9. The van der Waals surface area contributed by atoms with Crippen molar-refractivity contribution in [2.75, 3.05) is 39.2 Å². The fraction of sp³-hybridized carbons (Fsp3) is 0.556. The summed E-state index contributed by atoms with van der Waals surface area (Å²) in [6.07, 6.45) is 5.22. The van der Waals surface area contributed by atoms with Crippen LogP contribution in [0.15, 0.2) is 60.2 Å². The van der Waals surface area contributed by atoms with Crippen LogP contribution >= 0.6 is 23.8 Å². The Morgan fingerprint density at radius 1 is 1.00 bits per heavy atom. The number of esters is 2. The molecule has 7 amide bonds. The summed E-state index contributed by atoms with van der Waals surface area (Å²) >= 11 is 12.5. The summed E-state index contributed by atoms with van der Waals surface area (Å²) < 4.78 is 56.3. The standard InChI is InChI=1S/C63H81ClF2N6O14S/c1-34(2)42(29-41(87)17-12-11-13-23-72-52(74)20-21-53(72)75)58(78)69-46(18-15-22-68-61(67)81)48(73)28-40-27-45(66)43(30-44(40)65)59(79)70(8)38(6)60(80)85-51-31-54(76)71(9)47-26-39(25-36(4)56(47)64)24-35(3)16-14-19-50(83-10)63(82)32-49(84-55(77)33-63)37(5)57-62(51,7)86-57/h14,16,19-21,25-27,30,34,37-38,42,46,49-51,57,82H,11-13,15,17-18,22-24,28-29,31-33H2,1-10H3,(H,69,78)(H3,67,68,81)/b19-14+,35-16+/t37-,38+,42+,46+,49+,50-,51+,57+,62+,63-/m1/s1. The number of primary amides is 1. The van der Waals surface area contributed by atoms with Gasteiger partial charge in [-0.2, -0.15) is 0 Å². The first kappa shape index (κ1) is 69.3. The second kappa shape index (κ2) is 29.9. The molecule has 0 saturated carbocycles. The van der Waals surface area contributed by atoms with Crippen molar-refractivity contribution >= 4 is 87.7 Å². The van der Waals surface area contributed by atoms with Crippen molar-refractivity contribution in [3.63, 3.8) is 0 Å².